The van der Waals surface area contributed by atoms with Crippen LogP contribution in [0.2, 0.25) is 0 Å². The van der Waals surface area contributed by atoms with Crippen LogP contribution in [0.5, 0.6) is 0 Å². The van der Waals surface area contributed by atoms with Crippen LogP contribution in [0, 0.1) is 0 Å². The molecule has 0 amide bonds. The molecule has 1 aromatic rings. The standard InChI is InChI=1S/C10H12N2O3/c1-15-10(14)9(11)4-8-5-12-3-2-7(8)6-13/h2-3,5-6,9H,4,11H2,1H3/t9-/m0/s1. The van der Waals surface area contributed by atoms with Gasteiger partial charge in [0.1, 0.15) is 12.3 Å². The van der Waals surface area contributed by atoms with Gasteiger partial charge in [-0.25, -0.2) is 0 Å². The van der Waals surface area contributed by atoms with Gasteiger partial charge in [-0.05, 0) is 11.6 Å². The van der Waals surface area contributed by atoms with E-state index in [1.54, 1.807) is 6.07 Å². The van der Waals surface area contributed by atoms with Crippen LogP contribution in [0.4, 0.5) is 0 Å². The minimum absolute atomic E-state index is 0.245. The Hall–Kier alpha value is -1.75. The molecule has 0 aliphatic heterocycles. The molecule has 5 nitrogen and oxygen atoms in total. The summed E-state index contributed by atoms with van der Waals surface area (Å²) in [6, 6.07) is 0.810. The van der Waals surface area contributed by atoms with E-state index in [0.717, 1.165) is 0 Å². The number of aromatic nitrogens is 1. The molecular formula is C10H12N2O3. The van der Waals surface area contributed by atoms with Crippen molar-refractivity contribution < 1.29 is 14.3 Å². The van der Waals surface area contributed by atoms with Gasteiger partial charge in [0.25, 0.3) is 0 Å². The van der Waals surface area contributed by atoms with Gasteiger partial charge in [0.05, 0.1) is 7.11 Å². The van der Waals surface area contributed by atoms with Crippen molar-refractivity contribution in [3.05, 3.63) is 29.6 Å². The number of carbonyl (C=O) groups excluding carboxylic acids is 2. The zero-order valence-corrected chi connectivity index (χ0v) is 8.34. The van der Waals surface area contributed by atoms with Gasteiger partial charge in [0.2, 0.25) is 0 Å². The number of hydrogen-bond acceptors (Lipinski definition) is 5. The van der Waals surface area contributed by atoms with Crippen molar-refractivity contribution in [3.8, 4) is 0 Å². The van der Waals surface area contributed by atoms with Gasteiger partial charge in [-0.1, -0.05) is 0 Å². The van der Waals surface area contributed by atoms with Gasteiger partial charge in [-0.2, -0.15) is 0 Å². The van der Waals surface area contributed by atoms with Crippen molar-refractivity contribution in [1.82, 2.24) is 4.98 Å². The van der Waals surface area contributed by atoms with Crippen LogP contribution in [-0.4, -0.2) is 30.4 Å². The molecule has 0 fully saturated rings. The maximum Gasteiger partial charge on any atom is 0.322 e. The Labute approximate surface area is 87.3 Å². The molecule has 0 bridgehead atoms. The highest BCUT2D eigenvalue weighted by Crippen LogP contribution is 2.07. The second kappa shape index (κ2) is 5.21. The third-order valence-electron chi connectivity index (χ3n) is 2.01. The second-order valence-electron chi connectivity index (χ2n) is 3.03. The number of nitrogens with two attached hydrogens (primary N) is 1. The average molecular weight is 208 g/mol. The summed E-state index contributed by atoms with van der Waals surface area (Å²) >= 11 is 0. The van der Waals surface area contributed by atoms with E-state index in [2.05, 4.69) is 9.72 Å². The number of ether oxygens (including phenoxy) is 1. The molecule has 0 aromatic carbocycles. The Morgan fingerprint density at radius 2 is 2.47 bits per heavy atom. The number of carbonyl (C=O) groups is 2. The van der Waals surface area contributed by atoms with Gasteiger partial charge in [0, 0.05) is 24.4 Å². The van der Waals surface area contributed by atoms with Crippen LogP contribution in [0.1, 0.15) is 15.9 Å². The first kappa shape index (κ1) is 11.3. The highest BCUT2D eigenvalue weighted by atomic mass is 16.5. The van der Waals surface area contributed by atoms with Crippen molar-refractivity contribution in [1.29, 1.82) is 0 Å². The fraction of sp³-hybridized carbons (Fsp3) is 0.300. The van der Waals surface area contributed by atoms with E-state index >= 15 is 0 Å². The number of nitrogens with zero attached hydrogens (tertiary/aromatic N) is 1. The van der Waals surface area contributed by atoms with Crippen LogP contribution in [0.3, 0.4) is 0 Å². The van der Waals surface area contributed by atoms with Crippen molar-refractivity contribution in [2.45, 2.75) is 12.5 Å². The first-order valence-corrected chi connectivity index (χ1v) is 4.40. The first-order chi connectivity index (χ1) is 7.19. The van der Waals surface area contributed by atoms with Crippen molar-refractivity contribution in [2.24, 2.45) is 5.73 Å². The number of pyridine rings is 1. The van der Waals surface area contributed by atoms with Gasteiger partial charge < -0.3 is 10.5 Å². The molecular weight excluding hydrogens is 196 g/mol. The summed E-state index contributed by atoms with van der Waals surface area (Å²) in [6.07, 6.45) is 3.99. The van der Waals surface area contributed by atoms with E-state index in [-0.39, 0.29) is 6.42 Å². The van der Waals surface area contributed by atoms with Crippen LogP contribution in [0.15, 0.2) is 18.5 Å². The first-order valence-electron chi connectivity index (χ1n) is 4.40. The molecule has 1 heterocycles. The minimum atomic E-state index is -0.766. The lowest BCUT2D eigenvalue weighted by Crippen LogP contribution is -2.34. The molecule has 0 aliphatic carbocycles. The van der Waals surface area contributed by atoms with Gasteiger partial charge >= 0.3 is 5.97 Å². The Balaban J connectivity index is 2.80. The van der Waals surface area contributed by atoms with Crippen molar-refractivity contribution in [2.75, 3.05) is 7.11 Å². The summed E-state index contributed by atoms with van der Waals surface area (Å²) in [5.74, 6) is -0.504. The third-order valence-corrected chi connectivity index (χ3v) is 2.01. The van der Waals surface area contributed by atoms with Crippen LogP contribution >= 0.6 is 0 Å². The largest absolute Gasteiger partial charge is 0.468 e. The molecule has 0 saturated heterocycles. The predicted octanol–water partition coefficient (Wildman–Crippen LogP) is -0.0631. The molecule has 1 rings (SSSR count). The molecule has 5 heteroatoms. The molecule has 0 saturated carbocycles. The molecule has 15 heavy (non-hydrogen) atoms. The molecule has 0 spiro atoms. The van der Waals surface area contributed by atoms with Crippen LogP contribution in [0.25, 0.3) is 0 Å². The Morgan fingerprint density at radius 1 is 1.73 bits per heavy atom. The summed E-state index contributed by atoms with van der Waals surface area (Å²) in [4.78, 5) is 25.6. The molecule has 0 aliphatic rings. The van der Waals surface area contributed by atoms with Crippen molar-refractivity contribution in [3.63, 3.8) is 0 Å². The monoisotopic (exact) mass is 208 g/mol. The molecule has 2 N–H and O–H groups in total. The zero-order valence-electron chi connectivity index (χ0n) is 8.34. The smallest absolute Gasteiger partial charge is 0.322 e. The molecule has 1 atom stereocenters. The van der Waals surface area contributed by atoms with E-state index < -0.39 is 12.0 Å². The fourth-order valence-electron chi connectivity index (χ4n) is 1.20. The zero-order chi connectivity index (χ0) is 11.3. The van der Waals surface area contributed by atoms with E-state index in [1.807, 2.05) is 0 Å². The average Bonchev–Trinajstić information content (AvgIpc) is 2.28. The summed E-state index contributed by atoms with van der Waals surface area (Å²) in [5, 5.41) is 0. The molecule has 0 radical (unpaired) electrons. The lowest BCUT2D eigenvalue weighted by molar-refractivity contribution is -0.142. The SMILES string of the molecule is COC(=O)[C@@H](N)Cc1cnccc1C=O. The summed E-state index contributed by atoms with van der Waals surface area (Å²) in [5.41, 5.74) is 6.70. The predicted molar refractivity (Wildman–Crippen MR) is 53.3 cm³/mol. The summed E-state index contributed by atoms with van der Waals surface area (Å²) in [6.45, 7) is 0. The number of rotatable bonds is 4. The lowest BCUT2D eigenvalue weighted by atomic mass is 10.0. The number of esters is 1. The highest BCUT2D eigenvalue weighted by molar-refractivity contribution is 5.79. The van der Waals surface area contributed by atoms with Crippen molar-refractivity contribution >= 4 is 12.3 Å². The van der Waals surface area contributed by atoms with Gasteiger partial charge in [0.15, 0.2) is 0 Å². The lowest BCUT2D eigenvalue weighted by Gasteiger charge is -2.09. The fourth-order valence-corrected chi connectivity index (χ4v) is 1.20. The molecule has 0 unspecified atom stereocenters. The second-order valence-corrected chi connectivity index (χ2v) is 3.03. The Morgan fingerprint density at radius 3 is 3.07 bits per heavy atom. The quantitative estimate of drug-likeness (QED) is 0.553. The Kier molecular flexibility index (Phi) is 3.93. The number of hydrogen-bond donors (Lipinski definition) is 1. The maximum absolute atomic E-state index is 11.1. The van der Waals surface area contributed by atoms with Gasteiger partial charge in [-0.15, -0.1) is 0 Å². The molecule has 80 valence electrons. The normalized spacial score (nSPS) is 11.9. The van der Waals surface area contributed by atoms with E-state index in [0.29, 0.717) is 17.4 Å². The van der Waals surface area contributed by atoms with E-state index in [1.165, 1.54) is 19.5 Å². The van der Waals surface area contributed by atoms with Gasteiger partial charge in [-0.3, -0.25) is 14.6 Å². The molecule has 1 aromatic heterocycles. The Bertz CT molecular complexity index is 365. The van der Waals surface area contributed by atoms with E-state index in [4.69, 9.17) is 5.73 Å². The van der Waals surface area contributed by atoms with Crippen LogP contribution in [-0.2, 0) is 16.0 Å². The topological polar surface area (TPSA) is 82.3 Å². The van der Waals surface area contributed by atoms with E-state index in [9.17, 15) is 9.59 Å². The number of methoxy groups -OCH3 is 1. The number of aldehydes is 1. The minimum Gasteiger partial charge on any atom is -0.468 e. The summed E-state index contributed by atoms with van der Waals surface area (Å²) < 4.78 is 4.49. The third kappa shape index (κ3) is 2.85. The summed E-state index contributed by atoms with van der Waals surface area (Å²) in [7, 11) is 1.27. The van der Waals surface area contributed by atoms with Crippen LogP contribution < -0.4 is 5.73 Å². The highest BCUT2D eigenvalue weighted by Gasteiger charge is 2.15. The maximum atomic E-state index is 11.1.